The normalized spacial score (nSPS) is 18.2. The fourth-order valence-corrected chi connectivity index (χ4v) is 3.11. The van der Waals surface area contributed by atoms with Crippen LogP contribution in [0, 0.1) is 12.7 Å². The Labute approximate surface area is 149 Å². The van der Waals surface area contributed by atoms with E-state index in [1.54, 1.807) is 30.2 Å². The number of fused-ring (bicyclic) bond motifs is 1. The van der Waals surface area contributed by atoms with Crippen LogP contribution in [-0.2, 0) is 4.74 Å². The number of hydroxylamine groups is 2. The highest BCUT2D eigenvalue weighted by Gasteiger charge is 2.26. The van der Waals surface area contributed by atoms with Crippen LogP contribution >= 0.6 is 0 Å². The summed E-state index contributed by atoms with van der Waals surface area (Å²) in [7, 11) is 0. The zero-order chi connectivity index (χ0) is 18.1. The Morgan fingerprint density at radius 1 is 1.23 bits per heavy atom. The molecule has 1 saturated heterocycles. The van der Waals surface area contributed by atoms with Gasteiger partial charge in [0.2, 0.25) is 0 Å². The van der Waals surface area contributed by atoms with Crippen LogP contribution < -0.4 is 10.3 Å². The van der Waals surface area contributed by atoms with E-state index in [0.717, 1.165) is 5.56 Å². The van der Waals surface area contributed by atoms with Crippen molar-refractivity contribution in [2.75, 3.05) is 19.7 Å². The predicted octanol–water partition coefficient (Wildman–Crippen LogP) is 3.61. The summed E-state index contributed by atoms with van der Waals surface area (Å²) in [5.41, 5.74) is 1.79. The molecule has 0 N–H and O–H groups in total. The Balaban J connectivity index is 1.58. The van der Waals surface area contributed by atoms with E-state index in [1.807, 2.05) is 12.1 Å². The van der Waals surface area contributed by atoms with Gasteiger partial charge in [0.15, 0.2) is 5.43 Å². The standard InChI is InChI=1S/C20H18FNO4/c1-13-11-14(5-6-17(13)21)26-22-8-10-24-19(12-22)16-4-2-3-15-18(23)7-9-25-20(15)16/h2-7,9,11,19H,8,10,12H2,1H3. The van der Waals surface area contributed by atoms with E-state index in [4.69, 9.17) is 14.0 Å². The highest BCUT2D eigenvalue weighted by atomic mass is 19.1. The van der Waals surface area contributed by atoms with Crippen LogP contribution in [0.4, 0.5) is 4.39 Å². The first-order valence-electron chi connectivity index (χ1n) is 8.43. The van der Waals surface area contributed by atoms with Crippen molar-refractivity contribution in [1.82, 2.24) is 5.06 Å². The van der Waals surface area contributed by atoms with Gasteiger partial charge in [0.1, 0.15) is 23.3 Å². The van der Waals surface area contributed by atoms with Crippen LogP contribution in [0.5, 0.6) is 5.75 Å². The van der Waals surface area contributed by atoms with Gasteiger partial charge in [-0.25, -0.2) is 4.39 Å². The van der Waals surface area contributed by atoms with Crippen molar-refractivity contribution in [3.8, 4) is 5.75 Å². The van der Waals surface area contributed by atoms with E-state index in [9.17, 15) is 9.18 Å². The van der Waals surface area contributed by atoms with Gasteiger partial charge >= 0.3 is 0 Å². The quantitative estimate of drug-likeness (QED) is 0.718. The molecule has 0 bridgehead atoms. The maximum Gasteiger partial charge on any atom is 0.192 e. The molecule has 1 unspecified atom stereocenters. The minimum absolute atomic E-state index is 0.0844. The largest absolute Gasteiger partial charge is 0.464 e. The molecule has 6 heteroatoms. The summed E-state index contributed by atoms with van der Waals surface area (Å²) in [6, 6.07) is 11.5. The van der Waals surface area contributed by atoms with Crippen molar-refractivity contribution in [2.24, 2.45) is 0 Å². The molecule has 2 heterocycles. The first kappa shape index (κ1) is 16.8. The first-order valence-corrected chi connectivity index (χ1v) is 8.43. The lowest BCUT2D eigenvalue weighted by molar-refractivity contribution is -0.149. The van der Waals surface area contributed by atoms with Gasteiger partial charge in [0.25, 0.3) is 0 Å². The summed E-state index contributed by atoms with van der Waals surface area (Å²) in [5.74, 6) is 0.317. The van der Waals surface area contributed by atoms with Gasteiger partial charge in [-0.05, 0) is 36.8 Å². The number of aryl methyl sites for hydroxylation is 1. The van der Waals surface area contributed by atoms with Gasteiger partial charge in [-0.3, -0.25) is 4.79 Å². The van der Waals surface area contributed by atoms with Crippen LogP contribution in [0.3, 0.4) is 0 Å². The number of para-hydroxylation sites is 1. The number of hydrogen-bond donors (Lipinski definition) is 0. The Morgan fingerprint density at radius 2 is 2.12 bits per heavy atom. The number of nitrogens with zero attached hydrogens (tertiary/aromatic N) is 1. The number of rotatable bonds is 3. The fraction of sp³-hybridized carbons (Fsp3) is 0.250. The zero-order valence-electron chi connectivity index (χ0n) is 14.3. The van der Waals surface area contributed by atoms with Crippen LogP contribution in [0.2, 0.25) is 0 Å². The third-order valence-electron chi connectivity index (χ3n) is 4.46. The molecular formula is C20H18FNO4. The lowest BCUT2D eigenvalue weighted by Gasteiger charge is -2.32. The second-order valence-electron chi connectivity index (χ2n) is 6.26. The van der Waals surface area contributed by atoms with Gasteiger partial charge in [0, 0.05) is 11.6 Å². The van der Waals surface area contributed by atoms with Crippen molar-refractivity contribution in [2.45, 2.75) is 13.0 Å². The SMILES string of the molecule is Cc1cc(ON2CCOC(c3cccc4c(=O)ccoc34)C2)ccc1F. The Hall–Kier alpha value is -2.70. The predicted molar refractivity (Wildman–Crippen MR) is 94.5 cm³/mol. The molecule has 1 aromatic heterocycles. The topological polar surface area (TPSA) is 51.9 Å². The highest BCUT2D eigenvalue weighted by molar-refractivity contribution is 5.79. The van der Waals surface area contributed by atoms with Crippen molar-refractivity contribution in [1.29, 1.82) is 0 Å². The number of morpholine rings is 1. The molecule has 0 saturated carbocycles. The molecule has 4 rings (SSSR count). The second kappa shape index (κ2) is 6.90. The zero-order valence-corrected chi connectivity index (χ0v) is 14.3. The van der Waals surface area contributed by atoms with Crippen molar-refractivity contribution < 1.29 is 18.4 Å². The molecule has 1 aliphatic heterocycles. The highest BCUT2D eigenvalue weighted by Crippen LogP contribution is 2.29. The average molecular weight is 355 g/mol. The van der Waals surface area contributed by atoms with Gasteiger partial charge in [0.05, 0.1) is 31.3 Å². The van der Waals surface area contributed by atoms with E-state index in [-0.39, 0.29) is 17.3 Å². The molecule has 0 amide bonds. The van der Waals surface area contributed by atoms with E-state index < -0.39 is 0 Å². The summed E-state index contributed by atoms with van der Waals surface area (Å²) in [4.78, 5) is 17.9. The average Bonchev–Trinajstić information content (AvgIpc) is 2.65. The number of benzene rings is 2. The molecule has 0 radical (unpaired) electrons. The third kappa shape index (κ3) is 3.21. The van der Waals surface area contributed by atoms with Crippen molar-refractivity contribution in [3.05, 3.63) is 75.9 Å². The molecule has 5 nitrogen and oxygen atoms in total. The number of ether oxygens (including phenoxy) is 1. The molecule has 3 aromatic rings. The molecular weight excluding hydrogens is 337 g/mol. The van der Waals surface area contributed by atoms with Crippen LogP contribution in [0.15, 0.2) is 57.9 Å². The Bertz CT molecular complexity index is 1000. The molecule has 0 spiro atoms. The van der Waals surface area contributed by atoms with Crippen molar-refractivity contribution >= 4 is 11.0 Å². The van der Waals surface area contributed by atoms with Gasteiger partial charge in [-0.15, -0.1) is 5.06 Å². The van der Waals surface area contributed by atoms with Crippen LogP contribution in [-0.4, -0.2) is 24.8 Å². The number of halogens is 1. The minimum Gasteiger partial charge on any atom is -0.464 e. The number of hydrogen-bond acceptors (Lipinski definition) is 5. The molecule has 134 valence electrons. The lowest BCUT2D eigenvalue weighted by Crippen LogP contribution is -2.40. The third-order valence-corrected chi connectivity index (χ3v) is 4.46. The smallest absolute Gasteiger partial charge is 0.192 e. The monoisotopic (exact) mass is 355 g/mol. The summed E-state index contributed by atoms with van der Waals surface area (Å²) in [6.07, 6.45) is 1.10. The fourth-order valence-electron chi connectivity index (χ4n) is 3.11. The first-order chi connectivity index (χ1) is 12.6. The molecule has 26 heavy (non-hydrogen) atoms. The lowest BCUT2D eigenvalue weighted by atomic mass is 10.0. The van der Waals surface area contributed by atoms with Crippen LogP contribution in [0.1, 0.15) is 17.2 Å². The minimum atomic E-state index is -0.292. The van der Waals surface area contributed by atoms with E-state index >= 15 is 0 Å². The molecule has 2 aromatic carbocycles. The summed E-state index contributed by atoms with van der Waals surface area (Å²) >= 11 is 0. The molecule has 1 atom stereocenters. The van der Waals surface area contributed by atoms with Crippen LogP contribution in [0.25, 0.3) is 11.0 Å². The van der Waals surface area contributed by atoms with Gasteiger partial charge in [-0.1, -0.05) is 12.1 Å². The maximum atomic E-state index is 13.4. The Kier molecular flexibility index (Phi) is 4.44. The Morgan fingerprint density at radius 3 is 2.96 bits per heavy atom. The summed E-state index contributed by atoms with van der Waals surface area (Å²) < 4.78 is 24.9. The van der Waals surface area contributed by atoms with Crippen molar-refractivity contribution in [3.63, 3.8) is 0 Å². The molecule has 1 fully saturated rings. The second-order valence-corrected chi connectivity index (χ2v) is 6.26. The molecule has 0 aliphatic carbocycles. The van der Waals surface area contributed by atoms with E-state index in [1.165, 1.54) is 18.4 Å². The van der Waals surface area contributed by atoms with Gasteiger partial charge < -0.3 is 14.0 Å². The maximum absolute atomic E-state index is 13.4. The molecule has 1 aliphatic rings. The van der Waals surface area contributed by atoms with Gasteiger partial charge in [-0.2, -0.15) is 0 Å². The van der Waals surface area contributed by atoms with E-state index in [2.05, 4.69) is 0 Å². The summed E-state index contributed by atoms with van der Waals surface area (Å²) in [5, 5.41) is 2.31. The summed E-state index contributed by atoms with van der Waals surface area (Å²) in [6.45, 7) is 3.22. The van der Waals surface area contributed by atoms with E-state index in [0.29, 0.717) is 42.0 Å².